The van der Waals surface area contributed by atoms with Crippen LogP contribution in [0, 0.1) is 0 Å². The third-order valence-corrected chi connectivity index (χ3v) is 6.78. The second-order valence-corrected chi connectivity index (χ2v) is 10.0. The molecule has 1 heterocycles. The first kappa shape index (κ1) is 26.5. The highest BCUT2D eigenvalue weighted by atomic mass is 32.2. The molecule has 188 valence electrons. The van der Waals surface area contributed by atoms with Crippen LogP contribution in [0.4, 0.5) is 26.3 Å². The molecule has 0 saturated carbocycles. The summed E-state index contributed by atoms with van der Waals surface area (Å²) in [4.78, 5) is 12.2. The summed E-state index contributed by atoms with van der Waals surface area (Å²) in [6.45, 7) is 0.250. The predicted molar refractivity (Wildman–Crippen MR) is 117 cm³/mol. The van der Waals surface area contributed by atoms with E-state index in [0.717, 1.165) is 30.3 Å². The Labute approximate surface area is 197 Å². The molecule has 35 heavy (non-hydrogen) atoms. The number of allylic oxidation sites excluding steroid dienone is 2. The quantitative estimate of drug-likeness (QED) is 0.360. The topological polar surface area (TPSA) is 66.5 Å². The molecule has 0 unspecified atom stereocenters. The number of sulfone groups is 1. The Morgan fingerprint density at radius 3 is 1.63 bits per heavy atom. The number of hydrogen-bond acceptors (Lipinski definition) is 4. The number of nitrogens with zero attached hydrogens (tertiary/aromatic N) is 1. The summed E-state index contributed by atoms with van der Waals surface area (Å²) in [6.07, 6.45) is -5.28. The first-order chi connectivity index (χ1) is 16.2. The van der Waals surface area contributed by atoms with Crippen LogP contribution in [0.1, 0.15) is 22.3 Å². The summed E-state index contributed by atoms with van der Waals surface area (Å²) in [7, 11) is -3.13. The molecule has 0 radical (unpaired) electrons. The van der Waals surface area contributed by atoms with Crippen molar-refractivity contribution in [3.05, 3.63) is 89.0 Å². The molecule has 0 aromatic heterocycles. The molecular formula is C23H20F6N2O3S. The Morgan fingerprint density at radius 2 is 1.23 bits per heavy atom. The number of nitrogens with one attached hydrogen (secondary N) is 1. The number of rotatable bonds is 5. The second-order valence-electron chi connectivity index (χ2n) is 7.70. The zero-order valence-corrected chi connectivity index (χ0v) is 18.8. The minimum absolute atomic E-state index is 0.0944. The summed E-state index contributed by atoms with van der Waals surface area (Å²) in [6, 6.07) is 8.18. The van der Waals surface area contributed by atoms with Crippen molar-refractivity contribution in [3.8, 4) is 0 Å². The number of alkyl halides is 6. The molecule has 1 N–H and O–H groups in total. The second kappa shape index (κ2) is 10.2. The van der Waals surface area contributed by atoms with Crippen molar-refractivity contribution in [2.75, 3.05) is 24.6 Å². The third-order valence-electron chi connectivity index (χ3n) is 5.17. The van der Waals surface area contributed by atoms with Crippen molar-refractivity contribution in [1.29, 1.82) is 0 Å². The molecule has 0 atom stereocenters. The van der Waals surface area contributed by atoms with Gasteiger partial charge in [-0.25, -0.2) is 13.4 Å². The highest BCUT2D eigenvalue weighted by molar-refractivity contribution is 7.91. The molecule has 1 amide bonds. The van der Waals surface area contributed by atoms with Crippen LogP contribution in [-0.4, -0.2) is 43.9 Å². The Hall–Kier alpha value is -3.12. The minimum atomic E-state index is -4.55. The van der Waals surface area contributed by atoms with Gasteiger partial charge in [-0.15, -0.1) is 0 Å². The summed E-state index contributed by atoms with van der Waals surface area (Å²) in [5, 5.41) is 1.45. The zero-order chi connectivity index (χ0) is 25.9. The number of carbonyl (C=O) groups is 1. The Balaban J connectivity index is 1.84. The first-order valence-electron chi connectivity index (χ1n) is 10.2. The first-order valence-corrected chi connectivity index (χ1v) is 12.1. The molecule has 2 aromatic carbocycles. The van der Waals surface area contributed by atoms with Gasteiger partial charge in [0, 0.05) is 19.2 Å². The molecule has 0 spiro atoms. The number of halogens is 6. The fourth-order valence-corrected chi connectivity index (χ4v) is 4.49. The Kier molecular flexibility index (Phi) is 7.75. The molecule has 2 aromatic rings. The van der Waals surface area contributed by atoms with E-state index in [1.165, 1.54) is 41.4 Å². The van der Waals surface area contributed by atoms with E-state index in [9.17, 15) is 39.6 Å². The molecule has 1 saturated heterocycles. The van der Waals surface area contributed by atoms with E-state index in [0.29, 0.717) is 16.7 Å². The van der Waals surface area contributed by atoms with Crippen molar-refractivity contribution < 1.29 is 39.6 Å². The number of carbonyl (C=O) groups excluding carboxylic acids is 1. The van der Waals surface area contributed by atoms with Crippen molar-refractivity contribution in [2.45, 2.75) is 12.4 Å². The number of amides is 1. The lowest BCUT2D eigenvalue weighted by atomic mass is 9.95. The summed E-state index contributed by atoms with van der Waals surface area (Å²) in [5.41, 5.74) is 1.64. The Bertz CT molecular complexity index is 1140. The van der Waals surface area contributed by atoms with Crippen molar-refractivity contribution in [1.82, 2.24) is 10.4 Å². The van der Waals surface area contributed by atoms with Gasteiger partial charge in [-0.3, -0.25) is 10.2 Å². The molecule has 0 bridgehead atoms. The minimum Gasteiger partial charge on any atom is -0.285 e. The molecule has 1 fully saturated rings. The van der Waals surface area contributed by atoms with Crippen LogP contribution in [0.3, 0.4) is 0 Å². The lowest BCUT2D eigenvalue weighted by molar-refractivity contribution is -0.138. The summed E-state index contributed by atoms with van der Waals surface area (Å²) in [5.74, 6) is -0.758. The van der Waals surface area contributed by atoms with E-state index in [-0.39, 0.29) is 24.6 Å². The molecule has 0 aliphatic carbocycles. The van der Waals surface area contributed by atoms with E-state index in [1.54, 1.807) is 0 Å². The summed E-state index contributed by atoms with van der Waals surface area (Å²) >= 11 is 0. The van der Waals surface area contributed by atoms with Gasteiger partial charge in [0.05, 0.1) is 22.6 Å². The van der Waals surface area contributed by atoms with Gasteiger partial charge in [-0.2, -0.15) is 26.3 Å². The predicted octanol–water partition coefficient (Wildman–Crippen LogP) is 4.47. The van der Waals surface area contributed by atoms with Crippen LogP contribution < -0.4 is 5.43 Å². The fraction of sp³-hybridized carbons (Fsp3) is 0.261. The van der Waals surface area contributed by atoms with E-state index < -0.39 is 39.2 Å². The SMILES string of the molecule is O=C(C=CC=C(c1ccc(C(F)(F)F)cc1)c1ccc(C(F)(F)F)cc1)NN1CCS(=O)(=O)CC1. The molecule has 3 rings (SSSR count). The van der Waals surface area contributed by atoms with Gasteiger partial charge in [0.25, 0.3) is 5.91 Å². The lowest BCUT2D eigenvalue weighted by Gasteiger charge is -2.26. The maximum atomic E-state index is 12.9. The monoisotopic (exact) mass is 518 g/mol. The van der Waals surface area contributed by atoms with Crippen LogP contribution in [0.5, 0.6) is 0 Å². The zero-order valence-electron chi connectivity index (χ0n) is 18.0. The molecule has 1 aliphatic rings. The Morgan fingerprint density at radius 1 is 0.800 bits per heavy atom. The largest absolute Gasteiger partial charge is 0.416 e. The van der Waals surface area contributed by atoms with Gasteiger partial charge in [-0.1, -0.05) is 36.4 Å². The van der Waals surface area contributed by atoms with Crippen molar-refractivity contribution in [2.24, 2.45) is 0 Å². The molecular weight excluding hydrogens is 498 g/mol. The van der Waals surface area contributed by atoms with Crippen LogP contribution in [0.2, 0.25) is 0 Å². The molecule has 5 nitrogen and oxygen atoms in total. The summed E-state index contributed by atoms with van der Waals surface area (Å²) < 4.78 is 100. The average molecular weight is 518 g/mol. The smallest absolute Gasteiger partial charge is 0.285 e. The van der Waals surface area contributed by atoms with Gasteiger partial charge in [0.1, 0.15) is 0 Å². The van der Waals surface area contributed by atoms with Gasteiger partial charge in [-0.05, 0) is 41.0 Å². The van der Waals surface area contributed by atoms with Gasteiger partial charge in [0.2, 0.25) is 0 Å². The maximum absolute atomic E-state index is 12.9. The van der Waals surface area contributed by atoms with Gasteiger partial charge < -0.3 is 0 Å². The normalized spacial score (nSPS) is 16.7. The van der Waals surface area contributed by atoms with Crippen LogP contribution in [0.15, 0.2) is 66.8 Å². The van der Waals surface area contributed by atoms with Gasteiger partial charge in [0.15, 0.2) is 9.84 Å². The fourth-order valence-electron chi connectivity index (χ4n) is 3.29. The lowest BCUT2D eigenvalue weighted by Crippen LogP contribution is -2.49. The third kappa shape index (κ3) is 7.43. The van der Waals surface area contributed by atoms with E-state index in [1.807, 2.05) is 0 Å². The highest BCUT2D eigenvalue weighted by Crippen LogP contribution is 2.33. The van der Waals surface area contributed by atoms with Crippen molar-refractivity contribution >= 4 is 21.3 Å². The highest BCUT2D eigenvalue weighted by Gasteiger charge is 2.31. The standard InChI is InChI=1S/C23H20F6N2O3S/c24-22(25,26)18-8-4-16(5-9-18)20(17-6-10-19(11-7-17)23(27,28)29)2-1-3-21(32)30-31-12-14-35(33,34)15-13-31/h1-11H,12-15H2,(H,30,32). The number of hydrogen-bond donors (Lipinski definition) is 1. The average Bonchev–Trinajstić information content (AvgIpc) is 2.77. The van der Waals surface area contributed by atoms with E-state index >= 15 is 0 Å². The van der Waals surface area contributed by atoms with Crippen molar-refractivity contribution in [3.63, 3.8) is 0 Å². The van der Waals surface area contributed by atoms with Crippen LogP contribution in [-0.2, 0) is 27.0 Å². The number of hydrazine groups is 1. The maximum Gasteiger partial charge on any atom is 0.416 e. The van der Waals surface area contributed by atoms with Gasteiger partial charge >= 0.3 is 12.4 Å². The van der Waals surface area contributed by atoms with Crippen LogP contribution >= 0.6 is 0 Å². The van der Waals surface area contributed by atoms with E-state index in [2.05, 4.69) is 5.43 Å². The van der Waals surface area contributed by atoms with E-state index in [4.69, 9.17) is 0 Å². The molecule has 1 aliphatic heterocycles. The van der Waals surface area contributed by atoms with Crippen LogP contribution in [0.25, 0.3) is 5.57 Å². The molecule has 12 heteroatoms. The number of benzene rings is 2.